The van der Waals surface area contributed by atoms with Gasteiger partial charge in [-0.2, -0.15) is 0 Å². The molecule has 0 unspecified atom stereocenters. The minimum atomic E-state index is -0.350. The van der Waals surface area contributed by atoms with Crippen LogP contribution in [-0.4, -0.2) is 25.0 Å². The highest BCUT2D eigenvalue weighted by Gasteiger charge is 2.51. The Hall–Kier alpha value is -2.29. The smallest absolute Gasteiger partial charge is 0.399 e. The summed E-state index contributed by atoms with van der Waals surface area (Å²) in [5.74, 6) is 0. The van der Waals surface area contributed by atoms with Crippen LogP contribution in [0.3, 0.4) is 0 Å². The average molecular weight is 368 g/mol. The molecule has 0 aromatic heterocycles. The van der Waals surface area contributed by atoms with Crippen LogP contribution in [0.4, 0.5) is 0 Å². The van der Waals surface area contributed by atoms with Crippen molar-refractivity contribution < 1.29 is 9.31 Å². The number of hydrogen-bond acceptors (Lipinski definition) is 2. The summed E-state index contributed by atoms with van der Waals surface area (Å²) in [6, 6.07) is 29.9. The highest BCUT2D eigenvalue weighted by molar-refractivity contribution is 6.95. The molecular formula is C24H26B2O2. The predicted molar refractivity (Wildman–Crippen MR) is 120 cm³/mol. The zero-order valence-electron chi connectivity index (χ0n) is 17.1. The predicted octanol–water partition coefficient (Wildman–Crippen LogP) is 2.50. The largest absolute Gasteiger partial charge is 0.494 e. The van der Waals surface area contributed by atoms with Gasteiger partial charge < -0.3 is 9.31 Å². The lowest BCUT2D eigenvalue weighted by atomic mass is 9.36. The molecule has 0 bridgehead atoms. The molecule has 4 rings (SSSR count). The maximum Gasteiger partial charge on any atom is 0.494 e. The van der Waals surface area contributed by atoms with Gasteiger partial charge in [0.05, 0.1) is 11.2 Å². The average Bonchev–Trinajstić information content (AvgIpc) is 2.91. The first kappa shape index (κ1) is 19.0. The molecule has 0 amide bonds. The molecule has 1 fully saturated rings. The van der Waals surface area contributed by atoms with Gasteiger partial charge in [-0.3, -0.25) is 0 Å². The minimum Gasteiger partial charge on any atom is -0.399 e. The summed E-state index contributed by atoms with van der Waals surface area (Å²) in [7, 11) is -0.350. The first-order chi connectivity index (χ1) is 13.4. The molecule has 1 heterocycles. The molecule has 0 radical (unpaired) electrons. The van der Waals surface area contributed by atoms with Crippen LogP contribution in [0.25, 0.3) is 0 Å². The van der Waals surface area contributed by atoms with Crippen LogP contribution in [0.1, 0.15) is 27.7 Å². The van der Waals surface area contributed by atoms with Gasteiger partial charge in [-0.15, -0.1) is 0 Å². The quantitative estimate of drug-likeness (QED) is 0.659. The first-order valence-electron chi connectivity index (χ1n) is 9.93. The molecular weight excluding hydrogens is 342 g/mol. The number of rotatable bonds is 4. The third kappa shape index (κ3) is 3.55. The fraction of sp³-hybridized carbons (Fsp3) is 0.250. The van der Waals surface area contributed by atoms with E-state index in [1.807, 2.05) is 0 Å². The molecule has 0 aliphatic carbocycles. The molecule has 4 heteroatoms. The first-order valence-corrected chi connectivity index (χ1v) is 9.93. The van der Waals surface area contributed by atoms with Gasteiger partial charge in [0.15, 0.2) is 0 Å². The lowest BCUT2D eigenvalue weighted by Gasteiger charge is -2.32. The maximum absolute atomic E-state index is 6.27. The van der Waals surface area contributed by atoms with E-state index >= 15 is 0 Å². The Bertz CT molecular complexity index is 884. The van der Waals surface area contributed by atoms with Crippen molar-refractivity contribution in [2.45, 2.75) is 38.9 Å². The molecule has 1 saturated heterocycles. The van der Waals surface area contributed by atoms with Gasteiger partial charge in [-0.25, -0.2) is 0 Å². The Morgan fingerprint density at radius 2 is 1.07 bits per heavy atom. The van der Waals surface area contributed by atoms with Crippen LogP contribution in [0.2, 0.25) is 0 Å². The van der Waals surface area contributed by atoms with E-state index in [1.165, 1.54) is 16.4 Å². The molecule has 140 valence electrons. The second-order valence-corrected chi connectivity index (χ2v) is 8.51. The van der Waals surface area contributed by atoms with Crippen LogP contribution in [0, 0.1) is 0 Å². The third-order valence-corrected chi connectivity index (χ3v) is 6.04. The minimum absolute atomic E-state index is 0.171. The second-order valence-electron chi connectivity index (χ2n) is 8.51. The molecule has 1 aliphatic rings. The summed E-state index contributed by atoms with van der Waals surface area (Å²) in [5, 5.41) is 0. The van der Waals surface area contributed by atoms with E-state index in [1.54, 1.807) is 0 Å². The van der Waals surface area contributed by atoms with Crippen molar-refractivity contribution >= 4 is 35.7 Å². The van der Waals surface area contributed by atoms with Gasteiger partial charge in [0.2, 0.25) is 6.71 Å². The normalized spacial score (nSPS) is 17.5. The molecule has 0 N–H and O–H groups in total. The summed E-state index contributed by atoms with van der Waals surface area (Å²) >= 11 is 0. The van der Waals surface area contributed by atoms with Crippen molar-refractivity contribution in [2.24, 2.45) is 0 Å². The van der Waals surface area contributed by atoms with E-state index < -0.39 is 0 Å². The molecule has 0 saturated carbocycles. The van der Waals surface area contributed by atoms with Crippen molar-refractivity contribution in [1.29, 1.82) is 0 Å². The summed E-state index contributed by atoms with van der Waals surface area (Å²) in [6.07, 6.45) is 0. The Labute approximate surface area is 169 Å². The molecule has 0 atom stereocenters. The number of hydrogen-bond donors (Lipinski definition) is 0. The Morgan fingerprint density at radius 1 is 0.607 bits per heavy atom. The van der Waals surface area contributed by atoms with Gasteiger partial charge in [0.25, 0.3) is 0 Å². The van der Waals surface area contributed by atoms with Crippen LogP contribution in [0.15, 0.2) is 84.9 Å². The topological polar surface area (TPSA) is 18.5 Å². The van der Waals surface area contributed by atoms with E-state index in [0.29, 0.717) is 0 Å². The second kappa shape index (κ2) is 7.27. The van der Waals surface area contributed by atoms with Crippen molar-refractivity contribution in [3.05, 3.63) is 84.9 Å². The lowest BCUT2D eigenvalue weighted by molar-refractivity contribution is 0.00578. The van der Waals surface area contributed by atoms with E-state index in [-0.39, 0.29) is 25.0 Å². The van der Waals surface area contributed by atoms with Crippen molar-refractivity contribution in [3.8, 4) is 0 Å². The summed E-state index contributed by atoms with van der Waals surface area (Å²) in [4.78, 5) is 0. The van der Waals surface area contributed by atoms with Crippen molar-refractivity contribution in [2.75, 3.05) is 0 Å². The van der Waals surface area contributed by atoms with Crippen LogP contribution in [-0.2, 0) is 9.31 Å². The zero-order chi connectivity index (χ0) is 19.8. The molecule has 3 aromatic rings. The SMILES string of the molecule is CC1(C)OB(c2cccc(B(c3ccccc3)c3ccccc3)c2)OC1(C)C. The van der Waals surface area contributed by atoms with Crippen LogP contribution in [0.5, 0.6) is 0 Å². The number of benzene rings is 3. The van der Waals surface area contributed by atoms with Gasteiger partial charge in [0, 0.05) is 0 Å². The van der Waals surface area contributed by atoms with Gasteiger partial charge in [-0.05, 0) is 33.2 Å². The zero-order valence-corrected chi connectivity index (χ0v) is 17.1. The van der Waals surface area contributed by atoms with Crippen LogP contribution >= 0.6 is 0 Å². The molecule has 2 nitrogen and oxygen atoms in total. The standard InChI is InChI=1S/C24H26B2O2/c1-23(2)24(3,4)28-26(27-23)22-17-11-16-21(18-22)25(19-12-7-5-8-13-19)20-14-9-6-10-15-20/h5-18H,1-4H3. The van der Waals surface area contributed by atoms with Gasteiger partial charge in [0.1, 0.15) is 0 Å². The third-order valence-electron chi connectivity index (χ3n) is 6.04. The molecule has 0 spiro atoms. The van der Waals surface area contributed by atoms with Crippen LogP contribution < -0.4 is 21.9 Å². The Kier molecular flexibility index (Phi) is 4.95. The highest BCUT2D eigenvalue weighted by Crippen LogP contribution is 2.36. The Morgan fingerprint density at radius 3 is 1.57 bits per heavy atom. The maximum atomic E-state index is 6.27. The Balaban J connectivity index is 1.74. The summed E-state index contributed by atoms with van der Waals surface area (Å²) in [5.41, 5.74) is 4.18. The lowest BCUT2D eigenvalue weighted by Crippen LogP contribution is -2.53. The van der Waals surface area contributed by atoms with E-state index in [2.05, 4.69) is 113 Å². The van der Waals surface area contributed by atoms with Crippen molar-refractivity contribution in [1.82, 2.24) is 0 Å². The van der Waals surface area contributed by atoms with E-state index in [0.717, 1.165) is 5.46 Å². The highest BCUT2D eigenvalue weighted by atomic mass is 16.7. The molecule has 28 heavy (non-hydrogen) atoms. The molecule has 3 aromatic carbocycles. The fourth-order valence-corrected chi connectivity index (χ4v) is 3.73. The van der Waals surface area contributed by atoms with E-state index in [9.17, 15) is 0 Å². The molecule has 1 aliphatic heterocycles. The van der Waals surface area contributed by atoms with Gasteiger partial charge in [-0.1, -0.05) is 101 Å². The van der Waals surface area contributed by atoms with E-state index in [4.69, 9.17) is 9.31 Å². The van der Waals surface area contributed by atoms with Gasteiger partial charge >= 0.3 is 7.12 Å². The van der Waals surface area contributed by atoms with Crippen molar-refractivity contribution in [3.63, 3.8) is 0 Å². The summed E-state index contributed by atoms with van der Waals surface area (Å²) < 4.78 is 12.5. The summed E-state index contributed by atoms with van der Waals surface area (Å²) in [6.45, 7) is 8.53. The fourth-order valence-electron chi connectivity index (χ4n) is 3.73. The monoisotopic (exact) mass is 368 g/mol.